The molecule has 0 atom stereocenters. The molecule has 8 heteroatoms. The number of nitrogen functional groups attached to an aromatic ring is 1. The minimum absolute atomic E-state index is 0.333. The highest BCUT2D eigenvalue weighted by Gasteiger charge is 2.18. The van der Waals surface area contributed by atoms with Crippen LogP contribution in [0.2, 0.25) is 10.0 Å². The summed E-state index contributed by atoms with van der Waals surface area (Å²) in [6.45, 7) is 1.84. The molecule has 1 aromatic carbocycles. The lowest BCUT2D eigenvalue weighted by atomic mass is 10.2. The Balaban J connectivity index is 2.06. The predicted octanol–water partition coefficient (Wildman–Crippen LogP) is 4.06. The summed E-state index contributed by atoms with van der Waals surface area (Å²) in [5, 5.41) is 5.48. The number of aryl methyl sites for hydroxylation is 1. The van der Waals surface area contributed by atoms with Gasteiger partial charge in [0.1, 0.15) is 5.00 Å². The lowest BCUT2D eigenvalue weighted by Gasteiger charge is -1.97. The van der Waals surface area contributed by atoms with E-state index in [2.05, 4.69) is 14.5 Å². The van der Waals surface area contributed by atoms with Gasteiger partial charge in [-0.2, -0.15) is 9.36 Å². The van der Waals surface area contributed by atoms with Crippen molar-refractivity contribution in [3.8, 4) is 22.8 Å². The summed E-state index contributed by atoms with van der Waals surface area (Å²) in [7, 11) is 0. The van der Waals surface area contributed by atoms with Crippen LogP contribution >= 0.6 is 34.7 Å². The van der Waals surface area contributed by atoms with Crippen LogP contribution in [-0.4, -0.2) is 14.5 Å². The van der Waals surface area contributed by atoms with E-state index in [1.54, 1.807) is 18.2 Å². The molecular weight excluding hydrogens is 319 g/mol. The fourth-order valence-electron chi connectivity index (χ4n) is 1.77. The van der Waals surface area contributed by atoms with Gasteiger partial charge in [0.2, 0.25) is 5.82 Å². The van der Waals surface area contributed by atoms with Crippen LogP contribution in [0.15, 0.2) is 22.7 Å². The van der Waals surface area contributed by atoms with Gasteiger partial charge in [0, 0.05) is 15.6 Å². The van der Waals surface area contributed by atoms with Crippen LogP contribution in [-0.2, 0) is 0 Å². The highest BCUT2D eigenvalue weighted by Crippen LogP contribution is 2.33. The van der Waals surface area contributed by atoms with Gasteiger partial charge >= 0.3 is 0 Å². The van der Waals surface area contributed by atoms with E-state index >= 15 is 0 Å². The Morgan fingerprint density at radius 2 is 1.90 bits per heavy atom. The summed E-state index contributed by atoms with van der Waals surface area (Å²) >= 11 is 13.1. The SMILES string of the molecule is Cc1nsc(N)c1-c1nc(-c2cc(Cl)cc(Cl)c2)no1. The van der Waals surface area contributed by atoms with Crippen molar-refractivity contribution in [2.45, 2.75) is 6.92 Å². The van der Waals surface area contributed by atoms with Gasteiger partial charge in [0.05, 0.1) is 11.3 Å². The first-order valence-corrected chi connectivity index (χ1v) is 7.10. The number of benzene rings is 1. The van der Waals surface area contributed by atoms with Gasteiger partial charge in [-0.3, -0.25) is 0 Å². The third-order valence-electron chi connectivity index (χ3n) is 2.65. The highest BCUT2D eigenvalue weighted by atomic mass is 35.5. The Morgan fingerprint density at radius 1 is 1.20 bits per heavy atom. The number of hydrogen-bond acceptors (Lipinski definition) is 6. The highest BCUT2D eigenvalue weighted by molar-refractivity contribution is 7.10. The maximum absolute atomic E-state index is 5.96. The molecule has 0 aliphatic carbocycles. The molecule has 3 aromatic rings. The van der Waals surface area contributed by atoms with Crippen LogP contribution in [0, 0.1) is 6.92 Å². The van der Waals surface area contributed by atoms with E-state index in [1.165, 1.54) is 11.5 Å². The van der Waals surface area contributed by atoms with Crippen LogP contribution < -0.4 is 5.73 Å². The lowest BCUT2D eigenvalue weighted by Crippen LogP contribution is -1.87. The smallest absolute Gasteiger partial charge is 0.263 e. The summed E-state index contributed by atoms with van der Waals surface area (Å²) in [5.41, 5.74) is 7.96. The first-order valence-electron chi connectivity index (χ1n) is 5.57. The molecule has 3 rings (SSSR count). The molecule has 2 aromatic heterocycles. The van der Waals surface area contributed by atoms with Crippen molar-refractivity contribution in [1.82, 2.24) is 14.5 Å². The van der Waals surface area contributed by atoms with Crippen LogP contribution in [0.1, 0.15) is 5.69 Å². The van der Waals surface area contributed by atoms with Crippen molar-refractivity contribution in [2.75, 3.05) is 5.73 Å². The Hall–Kier alpha value is -1.63. The number of nitrogens with zero attached hydrogens (tertiary/aromatic N) is 3. The normalized spacial score (nSPS) is 10.9. The summed E-state index contributed by atoms with van der Waals surface area (Å²) in [6.07, 6.45) is 0. The quantitative estimate of drug-likeness (QED) is 0.768. The monoisotopic (exact) mass is 326 g/mol. The molecule has 0 spiro atoms. The molecular formula is C12H8Cl2N4OS. The van der Waals surface area contributed by atoms with Crippen LogP contribution in [0.3, 0.4) is 0 Å². The van der Waals surface area contributed by atoms with Gasteiger partial charge in [-0.1, -0.05) is 28.4 Å². The van der Waals surface area contributed by atoms with Gasteiger partial charge in [-0.15, -0.1) is 0 Å². The number of rotatable bonds is 2. The zero-order chi connectivity index (χ0) is 14.3. The van der Waals surface area contributed by atoms with E-state index < -0.39 is 0 Å². The third-order valence-corrected chi connectivity index (χ3v) is 3.85. The number of aromatic nitrogens is 3. The van der Waals surface area contributed by atoms with Crippen LogP contribution in [0.25, 0.3) is 22.8 Å². The van der Waals surface area contributed by atoms with E-state index in [4.69, 9.17) is 33.5 Å². The lowest BCUT2D eigenvalue weighted by molar-refractivity contribution is 0.432. The molecule has 5 nitrogen and oxygen atoms in total. The Morgan fingerprint density at radius 3 is 2.50 bits per heavy atom. The van der Waals surface area contributed by atoms with E-state index in [1.807, 2.05) is 6.92 Å². The third kappa shape index (κ3) is 2.37. The second kappa shape index (κ2) is 5.05. The van der Waals surface area contributed by atoms with E-state index in [0.717, 1.165) is 5.69 Å². The zero-order valence-electron chi connectivity index (χ0n) is 10.2. The Bertz CT molecular complexity index is 744. The first-order chi connectivity index (χ1) is 9.54. The van der Waals surface area contributed by atoms with E-state index in [0.29, 0.717) is 37.9 Å². The number of nitrogens with two attached hydrogens (primary N) is 1. The molecule has 0 saturated carbocycles. The largest absolute Gasteiger partial charge is 0.389 e. The fraction of sp³-hybridized carbons (Fsp3) is 0.0833. The topological polar surface area (TPSA) is 77.8 Å². The number of hydrogen-bond donors (Lipinski definition) is 1. The Kier molecular flexibility index (Phi) is 3.37. The molecule has 0 unspecified atom stereocenters. The molecule has 0 amide bonds. The van der Waals surface area contributed by atoms with Gasteiger partial charge in [-0.05, 0) is 36.7 Å². The molecule has 0 bridgehead atoms. The van der Waals surface area contributed by atoms with E-state index in [-0.39, 0.29) is 0 Å². The van der Waals surface area contributed by atoms with Gasteiger partial charge < -0.3 is 10.3 Å². The van der Waals surface area contributed by atoms with Crippen molar-refractivity contribution in [3.63, 3.8) is 0 Å². The maximum atomic E-state index is 5.96. The summed E-state index contributed by atoms with van der Waals surface area (Å²) < 4.78 is 9.39. The molecule has 0 radical (unpaired) electrons. The molecule has 0 saturated heterocycles. The van der Waals surface area contributed by atoms with Crippen molar-refractivity contribution in [3.05, 3.63) is 33.9 Å². The maximum Gasteiger partial charge on any atom is 0.263 e. The van der Waals surface area contributed by atoms with Crippen LogP contribution in [0.4, 0.5) is 5.00 Å². The number of halogens is 2. The molecule has 0 aliphatic heterocycles. The minimum Gasteiger partial charge on any atom is -0.389 e. The predicted molar refractivity (Wildman–Crippen MR) is 80.0 cm³/mol. The molecule has 20 heavy (non-hydrogen) atoms. The minimum atomic E-state index is 0.333. The van der Waals surface area contributed by atoms with Gasteiger partial charge in [0.15, 0.2) is 0 Å². The van der Waals surface area contributed by atoms with Gasteiger partial charge in [0.25, 0.3) is 5.89 Å². The second-order valence-corrected chi connectivity index (χ2v) is 5.77. The van der Waals surface area contributed by atoms with Gasteiger partial charge in [-0.25, -0.2) is 0 Å². The van der Waals surface area contributed by atoms with Crippen LogP contribution in [0.5, 0.6) is 0 Å². The first kappa shape index (κ1) is 13.4. The zero-order valence-corrected chi connectivity index (χ0v) is 12.6. The molecule has 102 valence electrons. The molecule has 2 heterocycles. The average Bonchev–Trinajstić information content (AvgIpc) is 2.95. The average molecular weight is 327 g/mol. The Labute approximate surface area is 128 Å². The second-order valence-electron chi connectivity index (χ2n) is 4.09. The summed E-state index contributed by atoms with van der Waals surface area (Å²) in [4.78, 5) is 4.32. The fourth-order valence-corrected chi connectivity index (χ4v) is 2.95. The van der Waals surface area contributed by atoms with Crippen molar-refractivity contribution >= 4 is 39.7 Å². The molecule has 0 fully saturated rings. The standard InChI is InChI=1S/C12H8Cl2N4OS/c1-5-9(10(15)20-18-5)12-16-11(17-19-12)6-2-7(13)4-8(14)3-6/h2-4H,15H2,1H3. The van der Waals surface area contributed by atoms with E-state index in [9.17, 15) is 0 Å². The molecule has 0 aliphatic rings. The summed E-state index contributed by atoms with van der Waals surface area (Å²) in [6, 6.07) is 5.06. The summed E-state index contributed by atoms with van der Waals surface area (Å²) in [5.74, 6) is 0.731. The number of anilines is 1. The molecule has 2 N–H and O–H groups in total. The van der Waals surface area contributed by atoms with Crippen molar-refractivity contribution in [1.29, 1.82) is 0 Å². The van der Waals surface area contributed by atoms with Crippen molar-refractivity contribution < 1.29 is 4.52 Å². The van der Waals surface area contributed by atoms with Crippen molar-refractivity contribution in [2.24, 2.45) is 0 Å².